The van der Waals surface area contributed by atoms with E-state index in [1.165, 1.54) is 0 Å². The van der Waals surface area contributed by atoms with Crippen LogP contribution in [-0.2, 0) is 0 Å². The highest BCUT2D eigenvalue weighted by Gasteiger charge is 2.08. The van der Waals surface area contributed by atoms with E-state index in [1.807, 2.05) is 56.3 Å². The van der Waals surface area contributed by atoms with Crippen molar-refractivity contribution in [1.82, 2.24) is 0 Å². The molecule has 0 radical (unpaired) electrons. The summed E-state index contributed by atoms with van der Waals surface area (Å²) in [4.78, 5) is 0. The Morgan fingerprint density at radius 2 is 1.71 bits per heavy atom. The molecule has 2 aromatic carbocycles. The highest BCUT2D eigenvalue weighted by atomic mass is 35.5. The number of hydrogen-bond donors (Lipinski definition) is 1. The van der Waals surface area contributed by atoms with Gasteiger partial charge >= 0.3 is 0 Å². The van der Waals surface area contributed by atoms with Crippen molar-refractivity contribution in [1.29, 1.82) is 0 Å². The maximum absolute atomic E-state index is 6.14. The minimum atomic E-state index is -0.184. The highest BCUT2D eigenvalue weighted by Crippen LogP contribution is 2.22. The van der Waals surface area contributed by atoms with E-state index in [-0.39, 0.29) is 6.04 Å². The van der Waals surface area contributed by atoms with E-state index in [1.54, 1.807) is 0 Å². The lowest BCUT2D eigenvalue weighted by Gasteiger charge is -2.14. The van der Waals surface area contributed by atoms with Crippen LogP contribution in [0.5, 0.6) is 11.5 Å². The summed E-state index contributed by atoms with van der Waals surface area (Å²) in [5.41, 5.74) is 8.15. The van der Waals surface area contributed by atoms with Gasteiger partial charge in [0.05, 0.1) is 12.6 Å². The molecule has 0 saturated carbocycles. The Morgan fingerprint density at radius 3 is 2.33 bits per heavy atom. The van der Waals surface area contributed by atoms with Gasteiger partial charge in [0.15, 0.2) is 0 Å². The summed E-state index contributed by atoms with van der Waals surface area (Å²) in [6.45, 7) is 4.97. The van der Waals surface area contributed by atoms with Gasteiger partial charge in [-0.25, -0.2) is 0 Å². The van der Waals surface area contributed by atoms with Gasteiger partial charge in [0.25, 0.3) is 0 Å². The highest BCUT2D eigenvalue weighted by molar-refractivity contribution is 6.31. The largest absolute Gasteiger partial charge is 0.494 e. The molecule has 0 aliphatic rings. The van der Waals surface area contributed by atoms with E-state index in [0.717, 1.165) is 27.6 Å². The minimum absolute atomic E-state index is 0.184. The van der Waals surface area contributed by atoms with Crippen LogP contribution >= 0.6 is 11.6 Å². The second-order valence-corrected chi connectivity index (χ2v) is 5.24. The third-order valence-electron chi connectivity index (χ3n) is 3.18. The normalized spacial score (nSPS) is 12.0. The van der Waals surface area contributed by atoms with Gasteiger partial charge in [0, 0.05) is 5.02 Å². The van der Waals surface area contributed by atoms with Gasteiger partial charge in [-0.1, -0.05) is 23.7 Å². The van der Waals surface area contributed by atoms with E-state index >= 15 is 0 Å². The molecule has 0 aliphatic heterocycles. The van der Waals surface area contributed by atoms with Crippen LogP contribution < -0.4 is 15.2 Å². The molecule has 4 heteroatoms. The average molecular weight is 306 g/mol. The van der Waals surface area contributed by atoms with Gasteiger partial charge in [-0.2, -0.15) is 0 Å². The van der Waals surface area contributed by atoms with Crippen molar-refractivity contribution in [2.75, 3.05) is 13.2 Å². The summed E-state index contributed by atoms with van der Waals surface area (Å²) in [6.07, 6.45) is 0. The first-order valence-corrected chi connectivity index (χ1v) is 7.35. The summed E-state index contributed by atoms with van der Waals surface area (Å²) >= 11 is 5.99. The molecule has 0 aliphatic carbocycles. The summed E-state index contributed by atoms with van der Waals surface area (Å²) in [6, 6.07) is 13.2. The van der Waals surface area contributed by atoms with Crippen molar-refractivity contribution in [3.8, 4) is 11.5 Å². The molecule has 0 aromatic heterocycles. The molecule has 2 aromatic rings. The fourth-order valence-electron chi connectivity index (χ4n) is 1.97. The SMILES string of the molecule is CCOc1ccc(C(N)COc2ccc(Cl)c(C)c2)cc1. The predicted octanol–water partition coefficient (Wildman–Crippen LogP) is 4.13. The van der Waals surface area contributed by atoms with Crippen molar-refractivity contribution in [3.63, 3.8) is 0 Å². The summed E-state index contributed by atoms with van der Waals surface area (Å²) < 4.78 is 11.1. The fraction of sp³-hybridized carbons (Fsp3) is 0.294. The van der Waals surface area contributed by atoms with Gasteiger partial charge < -0.3 is 15.2 Å². The van der Waals surface area contributed by atoms with Crippen LogP contribution in [0.2, 0.25) is 5.02 Å². The van der Waals surface area contributed by atoms with Gasteiger partial charge in [-0.3, -0.25) is 0 Å². The Morgan fingerprint density at radius 1 is 1.05 bits per heavy atom. The van der Waals surface area contributed by atoms with E-state index in [2.05, 4.69) is 0 Å². The Kier molecular flexibility index (Phi) is 5.48. The third kappa shape index (κ3) is 4.38. The smallest absolute Gasteiger partial charge is 0.119 e. The van der Waals surface area contributed by atoms with Crippen molar-refractivity contribution >= 4 is 11.6 Å². The molecule has 21 heavy (non-hydrogen) atoms. The van der Waals surface area contributed by atoms with E-state index in [0.29, 0.717) is 13.2 Å². The second kappa shape index (κ2) is 7.34. The number of aryl methyl sites for hydroxylation is 1. The predicted molar refractivity (Wildman–Crippen MR) is 86.2 cm³/mol. The lowest BCUT2D eigenvalue weighted by molar-refractivity contribution is 0.290. The van der Waals surface area contributed by atoms with Gasteiger partial charge in [0.2, 0.25) is 0 Å². The monoisotopic (exact) mass is 305 g/mol. The number of rotatable bonds is 6. The number of halogens is 1. The number of ether oxygens (including phenoxy) is 2. The Hall–Kier alpha value is -1.71. The van der Waals surface area contributed by atoms with Crippen LogP contribution in [0.3, 0.4) is 0 Å². The number of benzene rings is 2. The zero-order chi connectivity index (χ0) is 15.2. The lowest BCUT2D eigenvalue weighted by atomic mass is 10.1. The molecule has 0 amide bonds. The molecule has 0 fully saturated rings. The molecule has 1 unspecified atom stereocenters. The van der Waals surface area contributed by atoms with E-state index < -0.39 is 0 Å². The van der Waals surface area contributed by atoms with Gasteiger partial charge in [0.1, 0.15) is 18.1 Å². The standard InChI is InChI=1S/C17H20ClNO2/c1-3-20-14-6-4-13(5-7-14)17(19)11-21-15-8-9-16(18)12(2)10-15/h4-10,17H,3,11,19H2,1-2H3. The number of nitrogens with two attached hydrogens (primary N) is 1. The third-order valence-corrected chi connectivity index (χ3v) is 3.60. The fourth-order valence-corrected chi connectivity index (χ4v) is 2.08. The van der Waals surface area contributed by atoms with Crippen LogP contribution in [0.1, 0.15) is 24.1 Å². The number of hydrogen-bond acceptors (Lipinski definition) is 3. The first-order valence-electron chi connectivity index (χ1n) is 6.97. The molecule has 0 bridgehead atoms. The summed E-state index contributed by atoms with van der Waals surface area (Å²) in [5, 5.41) is 0.734. The molecule has 0 saturated heterocycles. The zero-order valence-corrected chi connectivity index (χ0v) is 13.1. The Balaban J connectivity index is 1.94. The zero-order valence-electron chi connectivity index (χ0n) is 12.3. The van der Waals surface area contributed by atoms with Crippen molar-refractivity contribution in [3.05, 3.63) is 58.6 Å². The van der Waals surface area contributed by atoms with Gasteiger partial charge in [-0.15, -0.1) is 0 Å². The van der Waals surface area contributed by atoms with Crippen LogP contribution in [0.4, 0.5) is 0 Å². The topological polar surface area (TPSA) is 44.5 Å². The molecular formula is C17H20ClNO2. The lowest BCUT2D eigenvalue weighted by Crippen LogP contribution is -2.19. The van der Waals surface area contributed by atoms with Crippen molar-refractivity contribution in [2.45, 2.75) is 19.9 Å². The van der Waals surface area contributed by atoms with Gasteiger partial charge in [-0.05, 0) is 55.3 Å². The molecular weight excluding hydrogens is 286 g/mol. The maximum Gasteiger partial charge on any atom is 0.119 e. The quantitative estimate of drug-likeness (QED) is 0.873. The molecule has 0 spiro atoms. The first-order chi connectivity index (χ1) is 10.1. The molecule has 2 N–H and O–H groups in total. The van der Waals surface area contributed by atoms with Crippen LogP contribution in [0.15, 0.2) is 42.5 Å². The molecule has 0 heterocycles. The van der Waals surface area contributed by atoms with E-state index in [9.17, 15) is 0 Å². The molecule has 3 nitrogen and oxygen atoms in total. The minimum Gasteiger partial charge on any atom is -0.494 e. The van der Waals surface area contributed by atoms with Crippen LogP contribution in [0.25, 0.3) is 0 Å². The van der Waals surface area contributed by atoms with Crippen molar-refractivity contribution < 1.29 is 9.47 Å². The van der Waals surface area contributed by atoms with Crippen LogP contribution in [-0.4, -0.2) is 13.2 Å². The Labute approximate surface area is 130 Å². The average Bonchev–Trinajstić information content (AvgIpc) is 2.49. The molecule has 2 rings (SSSR count). The van der Waals surface area contributed by atoms with E-state index in [4.69, 9.17) is 26.8 Å². The Bertz CT molecular complexity index is 584. The summed E-state index contributed by atoms with van der Waals surface area (Å²) in [5.74, 6) is 1.63. The summed E-state index contributed by atoms with van der Waals surface area (Å²) in [7, 11) is 0. The van der Waals surface area contributed by atoms with Crippen LogP contribution in [0, 0.1) is 6.92 Å². The molecule has 1 atom stereocenters. The maximum atomic E-state index is 6.14. The first kappa shape index (κ1) is 15.7. The van der Waals surface area contributed by atoms with Crippen molar-refractivity contribution in [2.24, 2.45) is 5.73 Å². The molecule has 112 valence electrons. The second-order valence-electron chi connectivity index (χ2n) is 4.83.